The Morgan fingerprint density at radius 2 is 2.09 bits per heavy atom. The Morgan fingerprint density at radius 1 is 1.26 bits per heavy atom. The zero-order valence-corrected chi connectivity index (χ0v) is 13.1. The first-order valence-corrected chi connectivity index (χ1v) is 7.46. The van der Waals surface area contributed by atoms with Crippen LogP contribution in [-0.2, 0) is 5.41 Å². The smallest absolute Gasteiger partial charge is 0.356 e. The van der Waals surface area contributed by atoms with Gasteiger partial charge in [-0.15, -0.1) is 0 Å². The fraction of sp³-hybridized carbons (Fsp3) is 0.278. The second kappa shape index (κ2) is 5.83. The van der Waals surface area contributed by atoms with Crippen molar-refractivity contribution >= 4 is 18.1 Å². The molecule has 3 rings (SSSR count). The minimum absolute atomic E-state index is 0.0603. The lowest BCUT2D eigenvalue weighted by Crippen LogP contribution is -2.26. The van der Waals surface area contributed by atoms with E-state index in [2.05, 4.69) is 29.9 Å². The highest BCUT2D eigenvalue weighted by Gasteiger charge is 2.28. The predicted octanol–water partition coefficient (Wildman–Crippen LogP) is 3.41. The van der Waals surface area contributed by atoms with Crippen molar-refractivity contribution in [2.45, 2.75) is 25.7 Å². The average molecular weight is 310 g/mol. The SMILES string of the molecule is CC1(C)CCOc2ccc(/C=C/c3cnc(C(=O)O)cn3)cc21. The van der Waals surface area contributed by atoms with Crippen LogP contribution in [0.3, 0.4) is 0 Å². The topological polar surface area (TPSA) is 72.3 Å². The largest absolute Gasteiger partial charge is 0.493 e. The van der Waals surface area contributed by atoms with Crippen molar-refractivity contribution in [1.82, 2.24) is 9.97 Å². The van der Waals surface area contributed by atoms with E-state index in [-0.39, 0.29) is 11.1 Å². The molecular weight excluding hydrogens is 292 g/mol. The molecule has 0 saturated carbocycles. The van der Waals surface area contributed by atoms with Crippen LogP contribution in [0.5, 0.6) is 5.75 Å². The second-order valence-corrected chi connectivity index (χ2v) is 6.20. The number of carbonyl (C=O) groups is 1. The third-order valence-corrected chi connectivity index (χ3v) is 4.05. The van der Waals surface area contributed by atoms with Crippen molar-refractivity contribution in [3.8, 4) is 5.75 Å². The van der Waals surface area contributed by atoms with E-state index in [4.69, 9.17) is 9.84 Å². The Kier molecular flexibility index (Phi) is 3.86. The van der Waals surface area contributed by atoms with Crippen LogP contribution in [0.25, 0.3) is 12.2 Å². The maximum absolute atomic E-state index is 10.8. The summed E-state index contributed by atoms with van der Waals surface area (Å²) in [7, 11) is 0. The highest BCUT2D eigenvalue weighted by Crippen LogP contribution is 2.38. The van der Waals surface area contributed by atoms with Gasteiger partial charge in [0.2, 0.25) is 0 Å². The van der Waals surface area contributed by atoms with E-state index in [1.54, 1.807) is 0 Å². The summed E-state index contributed by atoms with van der Waals surface area (Å²) < 4.78 is 5.71. The van der Waals surface area contributed by atoms with E-state index in [1.807, 2.05) is 24.3 Å². The van der Waals surface area contributed by atoms with Crippen LogP contribution in [-0.4, -0.2) is 27.7 Å². The number of hydrogen-bond donors (Lipinski definition) is 1. The Balaban J connectivity index is 1.84. The number of aromatic nitrogens is 2. The molecule has 0 atom stereocenters. The zero-order valence-electron chi connectivity index (χ0n) is 13.1. The minimum Gasteiger partial charge on any atom is -0.493 e. The lowest BCUT2D eigenvalue weighted by molar-refractivity contribution is 0.0690. The quantitative estimate of drug-likeness (QED) is 0.940. The summed E-state index contributed by atoms with van der Waals surface area (Å²) in [4.78, 5) is 18.7. The molecule has 2 heterocycles. The molecule has 5 nitrogen and oxygen atoms in total. The van der Waals surface area contributed by atoms with Gasteiger partial charge in [-0.25, -0.2) is 9.78 Å². The summed E-state index contributed by atoms with van der Waals surface area (Å²) in [5, 5.41) is 8.81. The second-order valence-electron chi connectivity index (χ2n) is 6.20. The van der Waals surface area contributed by atoms with Gasteiger partial charge in [0.15, 0.2) is 5.69 Å². The maximum Gasteiger partial charge on any atom is 0.356 e. The first kappa shape index (κ1) is 15.2. The molecule has 1 N–H and O–H groups in total. The van der Waals surface area contributed by atoms with Crippen LogP contribution in [0.2, 0.25) is 0 Å². The van der Waals surface area contributed by atoms with Gasteiger partial charge in [-0.1, -0.05) is 26.0 Å². The van der Waals surface area contributed by atoms with Crippen LogP contribution in [0.4, 0.5) is 0 Å². The van der Waals surface area contributed by atoms with Crippen molar-refractivity contribution in [3.05, 3.63) is 53.1 Å². The van der Waals surface area contributed by atoms with Crippen LogP contribution in [0, 0.1) is 0 Å². The number of benzene rings is 1. The molecule has 2 aromatic rings. The summed E-state index contributed by atoms with van der Waals surface area (Å²) in [6.45, 7) is 5.19. The van der Waals surface area contributed by atoms with Crippen LogP contribution >= 0.6 is 0 Å². The number of fused-ring (bicyclic) bond motifs is 1. The van der Waals surface area contributed by atoms with E-state index in [0.717, 1.165) is 24.3 Å². The third-order valence-electron chi connectivity index (χ3n) is 4.05. The molecule has 1 aromatic carbocycles. The van der Waals surface area contributed by atoms with Gasteiger partial charge < -0.3 is 9.84 Å². The number of rotatable bonds is 3. The Morgan fingerprint density at radius 3 is 2.78 bits per heavy atom. The molecule has 0 saturated heterocycles. The Bertz CT molecular complexity index is 764. The van der Waals surface area contributed by atoms with E-state index in [1.165, 1.54) is 18.0 Å². The van der Waals surface area contributed by atoms with Gasteiger partial charge in [-0.3, -0.25) is 4.98 Å². The van der Waals surface area contributed by atoms with Crippen LogP contribution < -0.4 is 4.74 Å². The fourth-order valence-electron chi connectivity index (χ4n) is 2.57. The van der Waals surface area contributed by atoms with Gasteiger partial charge in [-0.05, 0) is 35.6 Å². The van der Waals surface area contributed by atoms with Crippen molar-refractivity contribution in [1.29, 1.82) is 0 Å². The number of carboxylic acid groups (broad SMARTS) is 1. The summed E-state index contributed by atoms with van der Waals surface area (Å²) in [6, 6.07) is 6.12. The standard InChI is InChI=1S/C18H18N2O3/c1-18(2)7-8-23-16-6-4-12(9-14(16)18)3-5-13-10-20-15(11-19-13)17(21)22/h3-6,9-11H,7-8H2,1-2H3,(H,21,22)/b5-3+. The molecule has 0 fully saturated rings. The number of carboxylic acids is 1. The summed E-state index contributed by atoms with van der Waals surface area (Å²) >= 11 is 0. The molecule has 0 spiro atoms. The molecule has 0 amide bonds. The van der Waals surface area contributed by atoms with Gasteiger partial charge in [0.1, 0.15) is 5.75 Å². The molecule has 118 valence electrons. The van der Waals surface area contributed by atoms with Crippen LogP contribution in [0.1, 0.15) is 47.6 Å². The minimum atomic E-state index is -1.08. The number of aromatic carboxylic acids is 1. The van der Waals surface area contributed by atoms with Gasteiger partial charge in [0.25, 0.3) is 0 Å². The zero-order chi connectivity index (χ0) is 16.4. The fourth-order valence-corrected chi connectivity index (χ4v) is 2.57. The van der Waals surface area contributed by atoms with E-state index in [0.29, 0.717) is 5.69 Å². The van der Waals surface area contributed by atoms with Gasteiger partial charge in [0.05, 0.1) is 24.7 Å². The predicted molar refractivity (Wildman–Crippen MR) is 87.5 cm³/mol. The molecule has 0 bridgehead atoms. The highest BCUT2D eigenvalue weighted by atomic mass is 16.5. The van der Waals surface area contributed by atoms with Gasteiger partial charge >= 0.3 is 5.97 Å². The molecule has 5 heteroatoms. The summed E-state index contributed by atoms with van der Waals surface area (Å²) in [5.41, 5.74) is 2.91. The summed E-state index contributed by atoms with van der Waals surface area (Å²) in [6.07, 6.45) is 7.46. The summed E-state index contributed by atoms with van der Waals surface area (Å²) in [5.74, 6) is -0.131. The van der Waals surface area contributed by atoms with E-state index >= 15 is 0 Å². The van der Waals surface area contributed by atoms with Crippen molar-refractivity contribution in [2.24, 2.45) is 0 Å². The number of ether oxygens (including phenoxy) is 1. The molecule has 23 heavy (non-hydrogen) atoms. The first-order chi connectivity index (χ1) is 11.0. The third kappa shape index (κ3) is 3.23. The van der Waals surface area contributed by atoms with Gasteiger partial charge in [0, 0.05) is 5.56 Å². The van der Waals surface area contributed by atoms with Crippen molar-refractivity contribution < 1.29 is 14.6 Å². The molecule has 0 aliphatic carbocycles. The number of nitrogens with zero attached hydrogens (tertiary/aromatic N) is 2. The molecule has 1 aliphatic rings. The van der Waals surface area contributed by atoms with Crippen molar-refractivity contribution in [2.75, 3.05) is 6.61 Å². The van der Waals surface area contributed by atoms with Gasteiger partial charge in [-0.2, -0.15) is 0 Å². The highest BCUT2D eigenvalue weighted by molar-refractivity contribution is 5.85. The number of hydrogen-bond acceptors (Lipinski definition) is 4. The molecular formula is C18H18N2O3. The molecule has 0 unspecified atom stereocenters. The lowest BCUT2D eigenvalue weighted by atomic mass is 9.79. The average Bonchev–Trinajstić information content (AvgIpc) is 2.53. The molecule has 1 aromatic heterocycles. The lowest BCUT2D eigenvalue weighted by Gasteiger charge is -2.32. The monoisotopic (exact) mass is 310 g/mol. The Hall–Kier alpha value is -2.69. The van der Waals surface area contributed by atoms with Crippen molar-refractivity contribution in [3.63, 3.8) is 0 Å². The molecule has 1 aliphatic heterocycles. The van der Waals surface area contributed by atoms with E-state index in [9.17, 15) is 4.79 Å². The van der Waals surface area contributed by atoms with Crippen LogP contribution in [0.15, 0.2) is 30.6 Å². The normalized spacial score (nSPS) is 15.9. The van der Waals surface area contributed by atoms with E-state index < -0.39 is 5.97 Å². The molecule has 0 radical (unpaired) electrons. The first-order valence-electron chi connectivity index (χ1n) is 7.46. The maximum atomic E-state index is 10.8. The Labute approximate surface area is 134 Å².